The molecule has 1 aliphatic rings. The highest BCUT2D eigenvalue weighted by molar-refractivity contribution is 7.20. The minimum absolute atomic E-state index is 0.0253. The molecule has 0 bridgehead atoms. The van der Waals surface area contributed by atoms with Gasteiger partial charge in [0, 0.05) is 18.7 Å². The monoisotopic (exact) mass is 533 g/mol. The van der Waals surface area contributed by atoms with E-state index in [1.54, 1.807) is 4.90 Å². The van der Waals surface area contributed by atoms with Gasteiger partial charge in [-0.3, -0.25) is 14.2 Å². The van der Waals surface area contributed by atoms with Crippen molar-refractivity contribution in [3.63, 3.8) is 0 Å². The Hall–Kier alpha value is -3.51. The van der Waals surface area contributed by atoms with Crippen LogP contribution in [0, 0.1) is 12.7 Å². The van der Waals surface area contributed by atoms with Gasteiger partial charge in [0.1, 0.15) is 32.9 Å². The number of aliphatic hydroxyl groups excluding tert-OH is 1. The van der Waals surface area contributed by atoms with Crippen LogP contribution in [0.1, 0.15) is 53.6 Å². The number of halogens is 1. The summed E-state index contributed by atoms with van der Waals surface area (Å²) in [5, 5.41) is 20.7. The first-order valence-corrected chi connectivity index (χ1v) is 12.5. The van der Waals surface area contributed by atoms with Crippen molar-refractivity contribution in [2.24, 2.45) is 0 Å². The molecule has 1 aromatic carbocycles. The number of hydrogen-bond donors (Lipinski definition) is 2. The van der Waals surface area contributed by atoms with Crippen molar-refractivity contribution in [1.29, 1.82) is 0 Å². The first-order valence-electron chi connectivity index (χ1n) is 11.7. The van der Waals surface area contributed by atoms with E-state index in [4.69, 9.17) is 4.74 Å². The molecule has 0 unspecified atom stereocenters. The summed E-state index contributed by atoms with van der Waals surface area (Å²) in [4.78, 5) is 54.3. The predicted octanol–water partition coefficient (Wildman–Crippen LogP) is 2.47. The number of carboxylic acids is 1. The Morgan fingerprint density at radius 1 is 1.22 bits per heavy atom. The predicted molar refractivity (Wildman–Crippen MR) is 135 cm³/mol. The summed E-state index contributed by atoms with van der Waals surface area (Å²) < 4.78 is 21.1. The average molecular weight is 534 g/mol. The Labute approximate surface area is 215 Å². The fourth-order valence-corrected chi connectivity index (χ4v) is 5.99. The van der Waals surface area contributed by atoms with Crippen molar-refractivity contribution in [3.05, 3.63) is 60.9 Å². The van der Waals surface area contributed by atoms with Crippen LogP contribution in [0.4, 0.5) is 4.39 Å². The molecule has 0 aliphatic carbocycles. The van der Waals surface area contributed by atoms with Crippen LogP contribution in [0.3, 0.4) is 0 Å². The number of aliphatic hydroxyl groups is 1. The number of amides is 1. The molecular formula is C25H28FN3O7S. The largest absolute Gasteiger partial charge is 0.496 e. The van der Waals surface area contributed by atoms with E-state index in [0.29, 0.717) is 13.1 Å². The zero-order chi connectivity index (χ0) is 27.2. The number of aromatic nitrogens is 2. The van der Waals surface area contributed by atoms with Crippen LogP contribution in [0.5, 0.6) is 5.75 Å². The van der Waals surface area contributed by atoms with E-state index in [0.717, 1.165) is 45.4 Å². The molecule has 12 heteroatoms. The van der Waals surface area contributed by atoms with Crippen LogP contribution >= 0.6 is 11.3 Å². The Bertz CT molecular complexity index is 1520. The van der Waals surface area contributed by atoms with Gasteiger partial charge >= 0.3 is 11.7 Å². The van der Waals surface area contributed by atoms with Crippen LogP contribution in [-0.2, 0) is 16.9 Å². The molecule has 0 saturated carbocycles. The number of rotatable bonds is 7. The van der Waals surface area contributed by atoms with Crippen molar-refractivity contribution in [1.82, 2.24) is 14.0 Å². The molecule has 2 N–H and O–H groups in total. The fraction of sp³-hybridized carbons (Fsp3) is 0.440. The lowest BCUT2D eigenvalue weighted by Gasteiger charge is -2.31. The molecule has 3 aromatic rings. The molecule has 10 nitrogen and oxygen atoms in total. The van der Waals surface area contributed by atoms with Gasteiger partial charge in [0.25, 0.3) is 5.56 Å². The molecule has 1 aliphatic heterocycles. The third kappa shape index (κ3) is 4.44. The Morgan fingerprint density at radius 3 is 2.46 bits per heavy atom. The van der Waals surface area contributed by atoms with Crippen molar-refractivity contribution in [3.8, 4) is 5.75 Å². The number of hydrogen-bond acceptors (Lipinski definition) is 7. The smallest absolute Gasteiger partial charge is 0.346 e. The zero-order valence-electron chi connectivity index (χ0n) is 20.9. The quantitative estimate of drug-likeness (QED) is 0.477. The first kappa shape index (κ1) is 26.6. The molecule has 1 saturated heterocycles. The SMILES string of the molecule is COc1ccc(F)cc1[C@@H](O)Cn1c(=O)n(C(C)(C)C(=O)N2CCCC2)c(=O)c2c(C)c(C(=O)O)sc21. The Kier molecular flexibility index (Phi) is 6.99. The number of nitrogens with zero attached hydrogens (tertiary/aromatic N) is 3. The van der Waals surface area contributed by atoms with E-state index in [1.165, 1.54) is 33.9 Å². The summed E-state index contributed by atoms with van der Waals surface area (Å²) in [6.45, 7) is 4.97. The lowest BCUT2D eigenvalue weighted by molar-refractivity contribution is -0.138. The van der Waals surface area contributed by atoms with Crippen LogP contribution < -0.4 is 16.0 Å². The molecule has 1 amide bonds. The number of fused-ring (bicyclic) bond motifs is 1. The van der Waals surface area contributed by atoms with E-state index in [2.05, 4.69) is 0 Å². The highest BCUT2D eigenvalue weighted by atomic mass is 32.1. The molecular weight excluding hydrogens is 505 g/mol. The third-order valence-corrected chi connectivity index (χ3v) is 8.09. The maximum absolute atomic E-state index is 14.0. The molecule has 198 valence electrons. The second kappa shape index (κ2) is 9.75. The minimum atomic E-state index is -1.59. The number of benzene rings is 1. The Balaban J connectivity index is 1.97. The number of aromatic carboxylic acids is 1. The summed E-state index contributed by atoms with van der Waals surface area (Å²) >= 11 is 0.729. The number of aryl methyl sites for hydroxylation is 1. The van der Waals surface area contributed by atoms with Gasteiger partial charge in [-0.15, -0.1) is 11.3 Å². The highest BCUT2D eigenvalue weighted by Gasteiger charge is 2.39. The lowest BCUT2D eigenvalue weighted by Crippen LogP contribution is -2.56. The van der Waals surface area contributed by atoms with Crippen LogP contribution in [0.25, 0.3) is 10.2 Å². The number of carbonyl (C=O) groups excluding carboxylic acids is 1. The van der Waals surface area contributed by atoms with Crippen molar-refractivity contribution < 1.29 is 28.9 Å². The van der Waals surface area contributed by atoms with Crippen molar-refractivity contribution in [2.45, 2.75) is 51.8 Å². The van der Waals surface area contributed by atoms with E-state index < -0.39 is 47.1 Å². The molecule has 4 rings (SSSR count). The fourth-order valence-electron chi connectivity index (χ4n) is 4.84. The third-order valence-electron chi connectivity index (χ3n) is 6.79. The maximum atomic E-state index is 14.0. The van der Waals surface area contributed by atoms with Crippen molar-refractivity contribution >= 4 is 33.4 Å². The van der Waals surface area contributed by atoms with Gasteiger partial charge in [0.05, 0.1) is 19.0 Å². The summed E-state index contributed by atoms with van der Waals surface area (Å²) in [5.41, 5.74) is -3.04. The number of thiophene rings is 1. The molecule has 1 atom stereocenters. The highest BCUT2D eigenvalue weighted by Crippen LogP contribution is 2.32. The summed E-state index contributed by atoms with van der Waals surface area (Å²) in [6, 6.07) is 3.57. The van der Waals surface area contributed by atoms with Crippen LogP contribution in [-0.4, -0.2) is 56.3 Å². The number of carboxylic acid groups (broad SMARTS) is 1. The number of ether oxygens (including phenoxy) is 1. The average Bonchev–Trinajstić information content (AvgIpc) is 3.49. The summed E-state index contributed by atoms with van der Waals surface area (Å²) in [6.07, 6.45) is 0.172. The second-order valence-corrected chi connectivity index (χ2v) is 10.5. The van der Waals surface area contributed by atoms with E-state index in [1.807, 2.05) is 0 Å². The zero-order valence-corrected chi connectivity index (χ0v) is 21.7. The van der Waals surface area contributed by atoms with Gasteiger partial charge < -0.3 is 19.8 Å². The normalized spacial score (nSPS) is 14.8. The topological polar surface area (TPSA) is 131 Å². The maximum Gasteiger partial charge on any atom is 0.346 e. The molecule has 3 heterocycles. The molecule has 0 spiro atoms. The lowest BCUT2D eigenvalue weighted by atomic mass is 10.0. The van der Waals surface area contributed by atoms with Gasteiger partial charge in [0.2, 0.25) is 5.91 Å². The van der Waals surface area contributed by atoms with Gasteiger partial charge in [-0.2, -0.15) is 0 Å². The first-order chi connectivity index (χ1) is 17.4. The van der Waals surface area contributed by atoms with Crippen LogP contribution in [0.15, 0.2) is 27.8 Å². The van der Waals surface area contributed by atoms with Crippen molar-refractivity contribution in [2.75, 3.05) is 20.2 Å². The molecule has 37 heavy (non-hydrogen) atoms. The number of methoxy groups -OCH3 is 1. The molecule has 1 fully saturated rings. The van der Waals surface area contributed by atoms with Gasteiger partial charge in [0.15, 0.2) is 0 Å². The number of likely N-dealkylation sites (tertiary alicyclic amines) is 1. The van der Waals surface area contributed by atoms with E-state index in [-0.39, 0.29) is 32.0 Å². The summed E-state index contributed by atoms with van der Waals surface area (Å²) in [7, 11) is 1.35. The molecule has 0 radical (unpaired) electrons. The standard InChI is InChI=1S/C25H28FN3O7S/c1-13-18-20(31)29(25(2,3)23(34)27-9-5-6-10-27)24(35)28(21(18)37-19(13)22(32)33)12-16(30)15-11-14(26)7-8-17(15)36-4/h7-8,11,16,30H,5-6,9-10,12H2,1-4H3,(H,32,33)/t16-/m0/s1. The van der Waals surface area contributed by atoms with E-state index in [9.17, 15) is 33.8 Å². The molecule has 2 aromatic heterocycles. The van der Waals surface area contributed by atoms with Gasteiger partial charge in [-0.1, -0.05) is 0 Å². The van der Waals surface area contributed by atoms with Crippen LogP contribution in [0.2, 0.25) is 0 Å². The number of carbonyl (C=O) groups is 2. The minimum Gasteiger partial charge on any atom is -0.496 e. The van der Waals surface area contributed by atoms with Gasteiger partial charge in [-0.25, -0.2) is 18.5 Å². The Morgan fingerprint density at radius 2 is 1.86 bits per heavy atom. The van der Waals surface area contributed by atoms with E-state index >= 15 is 0 Å². The van der Waals surface area contributed by atoms with Gasteiger partial charge in [-0.05, 0) is 57.4 Å². The second-order valence-electron chi connectivity index (χ2n) is 9.54. The summed E-state index contributed by atoms with van der Waals surface area (Å²) in [5.74, 6) is -2.13.